The lowest BCUT2D eigenvalue weighted by Gasteiger charge is -2.11. The molecule has 1 heterocycles. The number of aromatic nitrogens is 2. The van der Waals surface area contributed by atoms with Crippen LogP contribution in [0.15, 0.2) is 30.7 Å². The molecule has 5 nitrogen and oxygen atoms in total. The molecule has 6 heteroatoms. The van der Waals surface area contributed by atoms with Crippen LogP contribution in [-0.2, 0) is 17.8 Å². The van der Waals surface area contributed by atoms with E-state index in [0.717, 1.165) is 12.2 Å². The molecule has 106 valence electrons. The minimum atomic E-state index is -0.386. The van der Waals surface area contributed by atoms with Gasteiger partial charge in [-0.1, -0.05) is 11.6 Å². The number of hydrogen-bond donors (Lipinski definition) is 1. The summed E-state index contributed by atoms with van der Waals surface area (Å²) in [6, 6.07) is 4.99. The third-order valence-corrected chi connectivity index (χ3v) is 3.32. The molecule has 2 aromatic rings. The number of carbonyl (C=O) groups is 1. The van der Waals surface area contributed by atoms with E-state index in [1.807, 2.05) is 4.57 Å². The lowest BCUT2D eigenvalue weighted by molar-refractivity contribution is 0.0601. The fourth-order valence-corrected chi connectivity index (χ4v) is 2.06. The number of esters is 1. The SMILES string of the molecule is CCn1cncc1CNc1cc(C(=O)OC)ccc1Cl. The van der Waals surface area contributed by atoms with Gasteiger partial charge in [0.05, 0.1) is 41.9 Å². The molecule has 0 unspecified atom stereocenters. The van der Waals surface area contributed by atoms with Gasteiger partial charge >= 0.3 is 5.97 Å². The van der Waals surface area contributed by atoms with Gasteiger partial charge in [-0.3, -0.25) is 0 Å². The summed E-state index contributed by atoms with van der Waals surface area (Å²) in [5.74, 6) is -0.386. The molecular weight excluding hydrogens is 278 g/mol. The molecule has 0 fully saturated rings. The third kappa shape index (κ3) is 3.11. The Kier molecular flexibility index (Phi) is 4.63. The quantitative estimate of drug-likeness (QED) is 0.861. The maximum absolute atomic E-state index is 11.5. The predicted molar refractivity (Wildman–Crippen MR) is 78.0 cm³/mol. The van der Waals surface area contributed by atoms with Crippen LogP contribution in [0.2, 0.25) is 5.02 Å². The molecule has 0 spiro atoms. The Hall–Kier alpha value is -2.01. The van der Waals surface area contributed by atoms with Crippen LogP contribution < -0.4 is 5.32 Å². The molecular formula is C14H16ClN3O2. The van der Waals surface area contributed by atoms with E-state index in [9.17, 15) is 4.79 Å². The zero-order chi connectivity index (χ0) is 14.5. The first kappa shape index (κ1) is 14.4. The molecule has 0 saturated carbocycles. The van der Waals surface area contributed by atoms with Gasteiger partial charge in [-0.05, 0) is 25.1 Å². The maximum Gasteiger partial charge on any atom is 0.337 e. The lowest BCUT2D eigenvalue weighted by Crippen LogP contribution is -2.07. The first-order valence-corrected chi connectivity index (χ1v) is 6.64. The normalized spacial score (nSPS) is 10.3. The minimum absolute atomic E-state index is 0.386. The third-order valence-electron chi connectivity index (χ3n) is 2.99. The Bertz CT molecular complexity index is 610. The number of nitrogens with zero attached hydrogens (tertiary/aromatic N) is 2. The zero-order valence-electron chi connectivity index (χ0n) is 11.4. The number of anilines is 1. The first-order valence-electron chi connectivity index (χ1n) is 6.26. The molecule has 20 heavy (non-hydrogen) atoms. The minimum Gasteiger partial charge on any atom is -0.465 e. The van der Waals surface area contributed by atoms with E-state index in [0.29, 0.717) is 22.8 Å². The van der Waals surface area contributed by atoms with Crippen molar-refractivity contribution in [2.75, 3.05) is 12.4 Å². The Morgan fingerprint density at radius 3 is 3.00 bits per heavy atom. The number of carbonyl (C=O) groups excluding carboxylic acids is 1. The predicted octanol–water partition coefficient (Wildman–Crippen LogP) is 2.96. The van der Waals surface area contributed by atoms with Crippen LogP contribution in [0, 0.1) is 0 Å². The Balaban J connectivity index is 2.14. The summed E-state index contributed by atoms with van der Waals surface area (Å²) in [5, 5.41) is 3.76. The van der Waals surface area contributed by atoms with Crippen molar-refractivity contribution in [2.45, 2.75) is 20.0 Å². The van der Waals surface area contributed by atoms with Gasteiger partial charge in [0.2, 0.25) is 0 Å². The van der Waals surface area contributed by atoms with E-state index in [1.165, 1.54) is 7.11 Å². The monoisotopic (exact) mass is 293 g/mol. The van der Waals surface area contributed by atoms with Crippen LogP contribution in [0.4, 0.5) is 5.69 Å². The van der Waals surface area contributed by atoms with Crippen molar-refractivity contribution in [3.8, 4) is 0 Å². The molecule has 0 aliphatic carbocycles. The molecule has 0 radical (unpaired) electrons. The van der Waals surface area contributed by atoms with Gasteiger partial charge in [-0.25, -0.2) is 9.78 Å². The number of halogens is 1. The molecule has 0 saturated heterocycles. The molecule has 0 amide bonds. The number of ether oxygens (including phenoxy) is 1. The van der Waals surface area contributed by atoms with Crippen LogP contribution >= 0.6 is 11.6 Å². The average Bonchev–Trinajstić information content (AvgIpc) is 2.93. The summed E-state index contributed by atoms with van der Waals surface area (Å²) in [6.45, 7) is 3.49. The van der Waals surface area contributed by atoms with Crippen LogP contribution in [0.1, 0.15) is 23.0 Å². The summed E-state index contributed by atoms with van der Waals surface area (Å²) in [5.41, 5.74) is 2.20. The van der Waals surface area contributed by atoms with Crippen LogP contribution in [0.25, 0.3) is 0 Å². The molecule has 1 N–H and O–H groups in total. The van der Waals surface area contributed by atoms with Crippen LogP contribution in [0.3, 0.4) is 0 Å². The van der Waals surface area contributed by atoms with Crippen molar-refractivity contribution in [1.82, 2.24) is 9.55 Å². The summed E-state index contributed by atoms with van der Waals surface area (Å²) in [4.78, 5) is 15.6. The highest BCUT2D eigenvalue weighted by Gasteiger charge is 2.09. The van der Waals surface area contributed by atoms with Gasteiger partial charge < -0.3 is 14.6 Å². The number of imidazole rings is 1. The van der Waals surface area contributed by atoms with Crippen molar-refractivity contribution in [2.24, 2.45) is 0 Å². The fraction of sp³-hybridized carbons (Fsp3) is 0.286. The number of aryl methyl sites for hydroxylation is 1. The van der Waals surface area contributed by atoms with Crippen molar-refractivity contribution >= 4 is 23.3 Å². The van der Waals surface area contributed by atoms with Gasteiger partial charge in [-0.2, -0.15) is 0 Å². The van der Waals surface area contributed by atoms with Gasteiger partial charge in [0.15, 0.2) is 0 Å². The van der Waals surface area contributed by atoms with Crippen molar-refractivity contribution < 1.29 is 9.53 Å². The van der Waals surface area contributed by atoms with Crippen molar-refractivity contribution in [3.63, 3.8) is 0 Å². The van der Waals surface area contributed by atoms with Gasteiger partial charge in [-0.15, -0.1) is 0 Å². The van der Waals surface area contributed by atoms with Crippen molar-refractivity contribution in [1.29, 1.82) is 0 Å². The summed E-state index contributed by atoms with van der Waals surface area (Å²) >= 11 is 6.12. The molecule has 0 aliphatic heterocycles. The van der Waals surface area contributed by atoms with Gasteiger partial charge in [0, 0.05) is 12.7 Å². The molecule has 0 aliphatic rings. The molecule has 0 atom stereocenters. The second-order valence-electron chi connectivity index (χ2n) is 4.21. The van der Waals surface area contributed by atoms with Gasteiger partial charge in [0.25, 0.3) is 0 Å². The maximum atomic E-state index is 11.5. The number of hydrogen-bond acceptors (Lipinski definition) is 4. The van der Waals surface area contributed by atoms with Gasteiger partial charge in [0.1, 0.15) is 0 Å². The van der Waals surface area contributed by atoms with E-state index in [4.69, 9.17) is 16.3 Å². The second kappa shape index (κ2) is 6.43. The second-order valence-corrected chi connectivity index (χ2v) is 4.62. The summed E-state index contributed by atoms with van der Waals surface area (Å²) in [7, 11) is 1.35. The lowest BCUT2D eigenvalue weighted by atomic mass is 10.2. The smallest absolute Gasteiger partial charge is 0.337 e. The topological polar surface area (TPSA) is 56.2 Å². The van der Waals surface area contributed by atoms with E-state index in [1.54, 1.807) is 30.7 Å². The Morgan fingerprint density at radius 1 is 1.50 bits per heavy atom. The number of nitrogens with one attached hydrogen (secondary N) is 1. The molecule has 1 aromatic heterocycles. The number of benzene rings is 1. The fourth-order valence-electron chi connectivity index (χ4n) is 1.87. The molecule has 0 bridgehead atoms. The number of rotatable bonds is 5. The standard InChI is InChI=1S/C14H16ClN3O2/c1-3-18-9-16-7-11(18)8-17-13-6-10(14(19)20-2)4-5-12(13)15/h4-7,9,17H,3,8H2,1-2H3. The number of methoxy groups -OCH3 is 1. The highest BCUT2D eigenvalue weighted by molar-refractivity contribution is 6.33. The largest absolute Gasteiger partial charge is 0.465 e. The summed E-state index contributed by atoms with van der Waals surface area (Å²) < 4.78 is 6.73. The summed E-state index contributed by atoms with van der Waals surface area (Å²) in [6.07, 6.45) is 3.58. The van der Waals surface area contributed by atoms with Crippen LogP contribution in [0.5, 0.6) is 0 Å². The van der Waals surface area contributed by atoms with E-state index < -0.39 is 0 Å². The Morgan fingerprint density at radius 2 is 2.30 bits per heavy atom. The van der Waals surface area contributed by atoms with E-state index in [2.05, 4.69) is 17.2 Å². The van der Waals surface area contributed by atoms with Crippen LogP contribution in [-0.4, -0.2) is 22.6 Å². The highest BCUT2D eigenvalue weighted by atomic mass is 35.5. The zero-order valence-corrected chi connectivity index (χ0v) is 12.1. The van der Waals surface area contributed by atoms with E-state index in [-0.39, 0.29) is 5.97 Å². The molecule has 2 rings (SSSR count). The first-order chi connectivity index (χ1) is 9.65. The van der Waals surface area contributed by atoms with E-state index >= 15 is 0 Å². The Labute approximate surface area is 122 Å². The molecule has 1 aromatic carbocycles. The van der Waals surface area contributed by atoms with Crippen molar-refractivity contribution in [3.05, 3.63) is 47.0 Å². The highest BCUT2D eigenvalue weighted by Crippen LogP contribution is 2.24. The average molecular weight is 294 g/mol.